The van der Waals surface area contributed by atoms with Gasteiger partial charge in [-0.15, -0.1) is 0 Å². The van der Waals surface area contributed by atoms with E-state index in [4.69, 9.17) is 27.9 Å². The molecule has 1 atom stereocenters. The van der Waals surface area contributed by atoms with Gasteiger partial charge in [0, 0.05) is 29.3 Å². The first-order valence-electron chi connectivity index (χ1n) is 11.6. The summed E-state index contributed by atoms with van der Waals surface area (Å²) in [7, 11) is 0. The van der Waals surface area contributed by atoms with Crippen LogP contribution >= 0.6 is 23.2 Å². The number of hydrogen-bond donors (Lipinski definition) is 3. The van der Waals surface area contributed by atoms with Crippen LogP contribution in [0.3, 0.4) is 0 Å². The number of halogens is 2. The average Bonchev–Trinajstić information content (AvgIpc) is 3.46. The predicted octanol–water partition coefficient (Wildman–Crippen LogP) is 5.79. The van der Waals surface area contributed by atoms with Gasteiger partial charge in [0.2, 0.25) is 0 Å². The van der Waals surface area contributed by atoms with Crippen molar-refractivity contribution in [1.82, 2.24) is 19.9 Å². The van der Waals surface area contributed by atoms with Crippen LogP contribution in [0.5, 0.6) is 5.75 Å². The molecule has 3 N–H and O–H groups in total. The molecule has 0 bridgehead atoms. The lowest BCUT2D eigenvalue weighted by Gasteiger charge is -2.33. The molecule has 2 aromatic heterocycles. The summed E-state index contributed by atoms with van der Waals surface area (Å²) in [6.45, 7) is 4.67. The van der Waals surface area contributed by atoms with Crippen molar-refractivity contribution >= 4 is 34.1 Å². The molecule has 4 aromatic rings. The Balaban J connectivity index is 1.16. The summed E-state index contributed by atoms with van der Waals surface area (Å²) in [5, 5.41) is 12.8. The number of aliphatic hydroxyl groups is 1. The van der Waals surface area contributed by atoms with E-state index in [0.29, 0.717) is 22.5 Å². The molecule has 1 fully saturated rings. The van der Waals surface area contributed by atoms with E-state index < -0.39 is 6.10 Å². The number of rotatable bonds is 7. The van der Waals surface area contributed by atoms with E-state index in [0.717, 1.165) is 59.8 Å². The largest absolute Gasteiger partial charge is 0.490 e. The number of aryl methyl sites for hydroxylation is 1. The van der Waals surface area contributed by atoms with Crippen LogP contribution in [0.4, 0.5) is 0 Å². The van der Waals surface area contributed by atoms with E-state index in [1.165, 1.54) is 5.56 Å². The van der Waals surface area contributed by atoms with E-state index in [1.54, 1.807) is 0 Å². The predicted molar refractivity (Wildman–Crippen MR) is 137 cm³/mol. The Morgan fingerprint density at radius 3 is 2.68 bits per heavy atom. The summed E-state index contributed by atoms with van der Waals surface area (Å²) < 4.78 is 6.04. The SMILES string of the molecule is Cc1cnc(-c2cc3c(OC[C@@H](O)CN4CCC(c5ccc(Cl)c(Cl)c5)CC4)cccc3[nH]2)[nH]1. The third-order valence-electron chi connectivity index (χ3n) is 6.48. The minimum Gasteiger partial charge on any atom is -0.490 e. The average molecular weight is 499 g/mol. The van der Waals surface area contributed by atoms with Crippen molar-refractivity contribution in [2.75, 3.05) is 26.2 Å². The lowest BCUT2D eigenvalue weighted by molar-refractivity contribution is 0.0599. The Hall–Kier alpha value is -2.51. The molecule has 1 aliphatic heterocycles. The first kappa shape index (κ1) is 23.2. The minimum atomic E-state index is -0.567. The number of benzene rings is 2. The molecule has 5 rings (SSSR count). The molecule has 178 valence electrons. The van der Waals surface area contributed by atoms with E-state index in [-0.39, 0.29) is 6.61 Å². The zero-order chi connectivity index (χ0) is 23.7. The summed E-state index contributed by atoms with van der Waals surface area (Å²) in [6, 6.07) is 13.8. The van der Waals surface area contributed by atoms with Crippen molar-refractivity contribution in [2.45, 2.75) is 31.8 Å². The quantitative estimate of drug-likeness (QED) is 0.301. The Labute approximate surface area is 208 Å². The monoisotopic (exact) mass is 498 g/mol. The molecular weight excluding hydrogens is 471 g/mol. The normalized spacial score (nSPS) is 16.2. The van der Waals surface area contributed by atoms with Gasteiger partial charge in [0.1, 0.15) is 18.5 Å². The van der Waals surface area contributed by atoms with Crippen LogP contribution < -0.4 is 4.74 Å². The highest BCUT2D eigenvalue weighted by Crippen LogP contribution is 2.33. The molecule has 34 heavy (non-hydrogen) atoms. The molecule has 2 aromatic carbocycles. The van der Waals surface area contributed by atoms with Crippen molar-refractivity contribution in [1.29, 1.82) is 0 Å². The van der Waals surface area contributed by atoms with Crippen LogP contribution in [-0.4, -0.2) is 57.3 Å². The maximum Gasteiger partial charge on any atom is 0.154 e. The van der Waals surface area contributed by atoms with Crippen molar-refractivity contribution in [3.63, 3.8) is 0 Å². The fourth-order valence-electron chi connectivity index (χ4n) is 4.68. The van der Waals surface area contributed by atoms with Crippen LogP contribution in [0.15, 0.2) is 48.7 Å². The number of ether oxygens (including phenoxy) is 1. The number of likely N-dealkylation sites (tertiary alicyclic amines) is 1. The second-order valence-corrected chi connectivity index (χ2v) is 9.84. The molecule has 0 radical (unpaired) electrons. The number of aliphatic hydroxyl groups excluding tert-OH is 1. The van der Waals surface area contributed by atoms with Crippen LogP contribution in [-0.2, 0) is 0 Å². The number of imidazole rings is 1. The summed E-state index contributed by atoms with van der Waals surface area (Å²) in [5.74, 6) is 2.02. The molecule has 1 aliphatic rings. The van der Waals surface area contributed by atoms with Gasteiger partial charge in [-0.05, 0) is 74.7 Å². The highest BCUT2D eigenvalue weighted by molar-refractivity contribution is 6.42. The Bertz CT molecular complexity index is 1280. The third kappa shape index (κ3) is 5.10. The Kier molecular flexibility index (Phi) is 6.84. The molecule has 1 saturated heterocycles. The van der Waals surface area contributed by atoms with Crippen molar-refractivity contribution in [2.24, 2.45) is 0 Å². The smallest absolute Gasteiger partial charge is 0.154 e. The molecule has 0 unspecified atom stereocenters. The van der Waals surface area contributed by atoms with E-state index in [9.17, 15) is 5.11 Å². The molecule has 0 amide bonds. The third-order valence-corrected chi connectivity index (χ3v) is 7.22. The maximum absolute atomic E-state index is 10.6. The lowest BCUT2D eigenvalue weighted by Crippen LogP contribution is -2.40. The van der Waals surface area contributed by atoms with Crippen LogP contribution in [0.2, 0.25) is 10.0 Å². The summed E-state index contributed by atoms with van der Waals surface area (Å²) >= 11 is 12.2. The van der Waals surface area contributed by atoms with Crippen molar-refractivity contribution in [3.8, 4) is 17.3 Å². The number of H-pyrrole nitrogens is 2. The zero-order valence-electron chi connectivity index (χ0n) is 19.0. The number of nitrogens with zero attached hydrogens (tertiary/aromatic N) is 2. The van der Waals surface area contributed by atoms with Crippen LogP contribution in [0.25, 0.3) is 22.4 Å². The molecular formula is C26H28Cl2N4O2. The Morgan fingerprint density at radius 2 is 1.94 bits per heavy atom. The van der Waals surface area contributed by atoms with Gasteiger partial charge in [-0.25, -0.2) is 4.98 Å². The fraction of sp³-hybridized carbons (Fsp3) is 0.346. The highest BCUT2D eigenvalue weighted by atomic mass is 35.5. The van der Waals surface area contributed by atoms with Crippen LogP contribution in [0, 0.1) is 6.92 Å². The maximum atomic E-state index is 10.6. The number of nitrogens with one attached hydrogen (secondary N) is 2. The van der Waals surface area contributed by atoms with E-state index in [2.05, 4.69) is 25.9 Å². The molecule has 6 nitrogen and oxygen atoms in total. The van der Waals surface area contributed by atoms with Gasteiger partial charge in [0.05, 0.1) is 15.7 Å². The molecule has 0 saturated carbocycles. The lowest BCUT2D eigenvalue weighted by atomic mass is 9.89. The van der Waals surface area contributed by atoms with Gasteiger partial charge >= 0.3 is 0 Å². The van der Waals surface area contributed by atoms with Gasteiger partial charge < -0.3 is 24.7 Å². The number of aromatic amines is 2. The van der Waals surface area contributed by atoms with E-state index >= 15 is 0 Å². The van der Waals surface area contributed by atoms with Gasteiger partial charge in [-0.1, -0.05) is 35.3 Å². The van der Waals surface area contributed by atoms with E-state index in [1.807, 2.05) is 49.5 Å². The number of fused-ring (bicyclic) bond motifs is 1. The van der Waals surface area contributed by atoms with Gasteiger partial charge in [0.15, 0.2) is 5.82 Å². The first-order valence-corrected chi connectivity index (χ1v) is 12.3. The number of hydrogen-bond acceptors (Lipinski definition) is 4. The molecule has 0 aliphatic carbocycles. The topological polar surface area (TPSA) is 77.2 Å². The van der Waals surface area contributed by atoms with Crippen molar-refractivity contribution < 1.29 is 9.84 Å². The number of piperidine rings is 1. The second-order valence-electron chi connectivity index (χ2n) is 9.03. The highest BCUT2D eigenvalue weighted by Gasteiger charge is 2.23. The summed E-state index contributed by atoms with van der Waals surface area (Å²) in [5.41, 5.74) is 4.13. The molecule has 8 heteroatoms. The van der Waals surface area contributed by atoms with Crippen LogP contribution in [0.1, 0.15) is 30.0 Å². The Morgan fingerprint density at radius 1 is 1.12 bits per heavy atom. The van der Waals surface area contributed by atoms with Gasteiger partial charge in [-0.3, -0.25) is 0 Å². The molecule has 0 spiro atoms. The summed E-state index contributed by atoms with van der Waals surface area (Å²) in [4.78, 5) is 13.3. The second kappa shape index (κ2) is 10.0. The van der Waals surface area contributed by atoms with Crippen molar-refractivity contribution in [3.05, 3.63) is 70.0 Å². The minimum absolute atomic E-state index is 0.242. The first-order chi connectivity index (χ1) is 16.5. The number of aromatic nitrogens is 3. The number of β-amino-alcohol motifs (C(OH)–C–C–N with tert-alkyl or cyclic N) is 1. The summed E-state index contributed by atoms with van der Waals surface area (Å²) in [6.07, 6.45) is 3.30. The fourth-order valence-corrected chi connectivity index (χ4v) is 4.99. The van der Waals surface area contributed by atoms with Gasteiger partial charge in [-0.2, -0.15) is 0 Å². The molecule has 3 heterocycles. The van der Waals surface area contributed by atoms with Gasteiger partial charge in [0.25, 0.3) is 0 Å². The zero-order valence-corrected chi connectivity index (χ0v) is 20.5. The standard InChI is InChI=1S/C26H28Cl2N4O2/c1-16-13-29-26(30-16)24-12-20-23(31-24)3-2-4-25(20)34-15-19(33)14-32-9-7-17(8-10-32)18-5-6-21(27)22(28)11-18/h2-6,11-13,17,19,31,33H,7-10,14-15H2,1H3,(H,29,30)/t19-/m0/s1.